The molecule has 4 rings (SSSR count). The molecule has 19 heavy (non-hydrogen) atoms. The van der Waals surface area contributed by atoms with Crippen LogP contribution in [0.1, 0.15) is 37.7 Å². The molecule has 2 aliphatic heterocycles. The van der Waals surface area contributed by atoms with E-state index in [-0.39, 0.29) is 0 Å². The summed E-state index contributed by atoms with van der Waals surface area (Å²) in [6.07, 6.45) is 7.69. The second-order valence-corrected chi connectivity index (χ2v) is 6.64. The molecule has 3 aliphatic rings. The number of fused-ring (bicyclic) bond motifs is 3. The van der Waals surface area contributed by atoms with Crippen molar-refractivity contribution in [3.05, 3.63) is 35.9 Å². The highest BCUT2D eigenvalue weighted by molar-refractivity contribution is 5.13. The topological polar surface area (TPSA) is 9.23 Å². The first-order valence-electron chi connectivity index (χ1n) is 7.90. The Kier molecular flexibility index (Phi) is 2.89. The summed E-state index contributed by atoms with van der Waals surface area (Å²) in [5.41, 5.74) is 1.31. The maximum Gasteiger partial charge on any atom is 0.142 e. The minimum atomic E-state index is 0.505. The lowest BCUT2D eigenvalue weighted by atomic mass is 10.0. The van der Waals surface area contributed by atoms with Crippen LogP contribution in [0.25, 0.3) is 0 Å². The van der Waals surface area contributed by atoms with E-state index in [2.05, 4.69) is 30.3 Å². The van der Waals surface area contributed by atoms with E-state index in [1.165, 1.54) is 55.2 Å². The minimum Gasteiger partial charge on any atom is -0.367 e. The predicted octanol–water partition coefficient (Wildman–Crippen LogP) is 3.12. The molecule has 1 aliphatic carbocycles. The van der Waals surface area contributed by atoms with Gasteiger partial charge in [-0.1, -0.05) is 30.3 Å². The molecule has 2 unspecified atom stereocenters. The second kappa shape index (κ2) is 4.60. The number of hydrogen-bond donors (Lipinski definition) is 0. The van der Waals surface area contributed by atoms with E-state index < -0.39 is 0 Å². The van der Waals surface area contributed by atoms with Crippen molar-refractivity contribution in [1.29, 1.82) is 0 Å². The molecular weight excluding hydrogens is 234 g/mol. The third-order valence-electron chi connectivity index (χ3n) is 5.66. The van der Waals surface area contributed by atoms with Crippen molar-refractivity contribution >= 4 is 0 Å². The van der Waals surface area contributed by atoms with Crippen molar-refractivity contribution in [2.45, 2.75) is 56.9 Å². The maximum absolute atomic E-state index is 6.16. The molecule has 1 spiro atoms. The second-order valence-electron chi connectivity index (χ2n) is 6.64. The van der Waals surface area contributed by atoms with Gasteiger partial charge in [-0.3, -0.25) is 0 Å². The van der Waals surface area contributed by atoms with Gasteiger partial charge in [-0.25, -0.2) is 0 Å². The van der Waals surface area contributed by atoms with Crippen molar-refractivity contribution < 1.29 is 9.22 Å². The van der Waals surface area contributed by atoms with Gasteiger partial charge in [0.25, 0.3) is 0 Å². The number of nitrogens with zero attached hydrogens (tertiary/aromatic N) is 1. The molecular formula is C17H24NO+. The van der Waals surface area contributed by atoms with Crippen molar-refractivity contribution in [3.8, 4) is 0 Å². The van der Waals surface area contributed by atoms with Crippen molar-refractivity contribution in [3.63, 3.8) is 0 Å². The Morgan fingerprint density at radius 2 is 1.74 bits per heavy atom. The van der Waals surface area contributed by atoms with Gasteiger partial charge in [-0.2, -0.15) is 0 Å². The summed E-state index contributed by atoms with van der Waals surface area (Å²) in [6.45, 7) is 3.47. The molecule has 2 heterocycles. The van der Waals surface area contributed by atoms with Crippen molar-refractivity contribution in [2.75, 3.05) is 13.1 Å². The molecule has 1 aromatic rings. The van der Waals surface area contributed by atoms with Crippen LogP contribution in [-0.2, 0) is 11.3 Å². The minimum absolute atomic E-state index is 0.505. The first-order chi connectivity index (χ1) is 9.38. The van der Waals surface area contributed by atoms with E-state index in [0.29, 0.717) is 6.10 Å². The highest BCUT2D eigenvalue weighted by atomic mass is 16.5. The van der Waals surface area contributed by atoms with Crippen LogP contribution in [0, 0.1) is 0 Å². The van der Waals surface area contributed by atoms with Crippen LogP contribution in [-0.4, -0.2) is 35.8 Å². The van der Waals surface area contributed by atoms with Crippen LogP contribution >= 0.6 is 0 Å². The molecule has 0 radical (unpaired) electrons. The van der Waals surface area contributed by atoms with E-state index in [4.69, 9.17) is 4.74 Å². The molecule has 2 heteroatoms. The van der Waals surface area contributed by atoms with Gasteiger partial charge >= 0.3 is 0 Å². The fraction of sp³-hybridized carbons (Fsp3) is 0.647. The van der Waals surface area contributed by atoms with E-state index in [0.717, 1.165) is 18.7 Å². The van der Waals surface area contributed by atoms with Gasteiger partial charge in [0.1, 0.15) is 24.7 Å². The quantitative estimate of drug-likeness (QED) is 0.598. The summed E-state index contributed by atoms with van der Waals surface area (Å²) in [5.74, 6) is 0. The Balaban J connectivity index is 1.33. The molecule has 2 nitrogen and oxygen atoms in total. The normalized spacial score (nSPS) is 40.3. The Hall–Kier alpha value is -0.860. The van der Waals surface area contributed by atoms with Crippen LogP contribution in [0.15, 0.2) is 30.3 Å². The van der Waals surface area contributed by atoms with E-state index in [1.807, 2.05) is 0 Å². The lowest BCUT2D eigenvalue weighted by molar-refractivity contribution is -0.814. The number of hydrogen-bond acceptors (Lipinski definition) is 1. The molecule has 3 atom stereocenters. The van der Waals surface area contributed by atoms with Gasteiger partial charge in [0, 0.05) is 19.3 Å². The Morgan fingerprint density at radius 1 is 1.00 bits per heavy atom. The van der Waals surface area contributed by atoms with E-state index >= 15 is 0 Å². The third-order valence-corrected chi connectivity index (χ3v) is 5.66. The number of rotatable bonds is 3. The fourth-order valence-corrected chi connectivity index (χ4v) is 4.67. The smallest absolute Gasteiger partial charge is 0.142 e. The summed E-state index contributed by atoms with van der Waals surface area (Å²) < 4.78 is 7.59. The van der Waals surface area contributed by atoms with Gasteiger partial charge in [-0.15, -0.1) is 0 Å². The van der Waals surface area contributed by atoms with Gasteiger partial charge in [-0.05, 0) is 18.4 Å². The molecule has 0 N–H and O–H groups in total. The van der Waals surface area contributed by atoms with Gasteiger partial charge in [0.05, 0.1) is 13.2 Å². The number of ether oxygens (including phenoxy) is 1. The fourth-order valence-electron chi connectivity index (χ4n) is 4.67. The molecule has 0 aromatic heterocycles. The molecule has 1 saturated carbocycles. The zero-order valence-corrected chi connectivity index (χ0v) is 11.6. The highest BCUT2D eigenvalue weighted by Crippen LogP contribution is 2.52. The summed E-state index contributed by atoms with van der Waals surface area (Å²) >= 11 is 0. The largest absolute Gasteiger partial charge is 0.367 e. The summed E-state index contributed by atoms with van der Waals surface area (Å²) in [7, 11) is 0. The standard InChI is InChI=1S/C17H24NO/c1-2-6-14(7-3-1)13-19-15-10-11-18(12-15)16-8-4-5-9-17(16)18/h1-3,6-7,15-17H,4-5,8-13H2/q+1/t15-,16?,17?,18?/m1/s1. The summed E-state index contributed by atoms with van der Waals surface area (Å²) in [5, 5.41) is 0. The van der Waals surface area contributed by atoms with Gasteiger partial charge in [0.2, 0.25) is 0 Å². The monoisotopic (exact) mass is 258 g/mol. The average molecular weight is 258 g/mol. The zero-order chi connectivity index (χ0) is 12.7. The molecule has 102 valence electrons. The number of quaternary nitrogens is 1. The predicted molar refractivity (Wildman–Crippen MR) is 75.7 cm³/mol. The molecule has 2 saturated heterocycles. The third kappa shape index (κ3) is 2.02. The highest BCUT2D eigenvalue weighted by Gasteiger charge is 2.68. The lowest BCUT2D eigenvalue weighted by Gasteiger charge is -2.15. The van der Waals surface area contributed by atoms with Crippen LogP contribution in [0.5, 0.6) is 0 Å². The van der Waals surface area contributed by atoms with Crippen LogP contribution < -0.4 is 0 Å². The first kappa shape index (κ1) is 11.9. The van der Waals surface area contributed by atoms with E-state index in [1.54, 1.807) is 0 Å². The van der Waals surface area contributed by atoms with Crippen molar-refractivity contribution in [1.82, 2.24) is 0 Å². The molecule has 0 bridgehead atoms. The first-order valence-corrected chi connectivity index (χ1v) is 7.90. The van der Waals surface area contributed by atoms with Gasteiger partial charge < -0.3 is 9.22 Å². The van der Waals surface area contributed by atoms with E-state index in [9.17, 15) is 0 Å². The molecule has 3 fully saturated rings. The molecule has 0 amide bonds. The maximum atomic E-state index is 6.16. The SMILES string of the molecule is c1ccc(CO[C@@H]2CC[N+]3(C2)C2CCCCC23)cc1. The van der Waals surface area contributed by atoms with Crippen LogP contribution in [0.4, 0.5) is 0 Å². The Labute approximate surface area is 116 Å². The van der Waals surface area contributed by atoms with Gasteiger partial charge in [0.15, 0.2) is 0 Å². The molecule has 1 aromatic carbocycles. The average Bonchev–Trinajstić information content (AvgIpc) is 2.89. The summed E-state index contributed by atoms with van der Waals surface area (Å²) in [4.78, 5) is 0. The Bertz CT molecular complexity index is 432. The Morgan fingerprint density at radius 3 is 2.47 bits per heavy atom. The summed E-state index contributed by atoms with van der Waals surface area (Å²) in [6, 6.07) is 12.6. The van der Waals surface area contributed by atoms with Crippen LogP contribution in [0.2, 0.25) is 0 Å². The lowest BCUT2D eigenvalue weighted by Crippen LogP contribution is -2.29. The zero-order valence-electron chi connectivity index (χ0n) is 11.6. The number of benzene rings is 1. The van der Waals surface area contributed by atoms with Crippen molar-refractivity contribution in [2.24, 2.45) is 0 Å². The van der Waals surface area contributed by atoms with Crippen LogP contribution in [0.3, 0.4) is 0 Å².